The molecule has 1 aromatic carbocycles. The van der Waals surface area contributed by atoms with Gasteiger partial charge >= 0.3 is 0 Å². The normalized spacial score (nSPS) is 19.3. The van der Waals surface area contributed by atoms with Crippen LogP contribution in [0, 0.1) is 6.92 Å². The first-order valence-electron chi connectivity index (χ1n) is 12.6. The number of rotatable bonds is 10. The van der Waals surface area contributed by atoms with Gasteiger partial charge in [0.1, 0.15) is 18.1 Å². The molecule has 0 bridgehead atoms. The van der Waals surface area contributed by atoms with Crippen LogP contribution in [0.4, 0.5) is 0 Å². The van der Waals surface area contributed by atoms with Crippen LogP contribution in [0.2, 0.25) is 0 Å². The number of phenolic OH excluding ortho intramolecular Hbond substituents is 1. The Morgan fingerprint density at radius 3 is 2.75 bits per heavy atom. The van der Waals surface area contributed by atoms with Gasteiger partial charge in [-0.1, -0.05) is 36.8 Å². The summed E-state index contributed by atoms with van der Waals surface area (Å²) in [6, 6.07) is 2.83. The molecule has 0 atom stereocenters. The van der Waals surface area contributed by atoms with E-state index in [9.17, 15) is 5.11 Å². The largest absolute Gasteiger partial charge is 0.508 e. The van der Waals surface area contributed by atoms with Crippen molar-refractivity contribution >= 4 is 0 Å². The van der Waals surface area contributed by atoms with E-state index in [0.29, 0.717) is 0 Å². The van der Waals surface area contributed by atoms with Crippen LogP contribution in [0.3, 0.4) is 0 Å². The highest BCUT2D eigenvalue weighted by atomic mass is 16.5. The van der Waals surface area contributed by atoms with E-state index >= 15 is 0 Å². The van der Waals surface area contributed by atoms with Crippen LogP contribution < -0.4 is 4.74 Å². The lowest BCUT2D eigenvalue weighted by Crippen LogP contribution is -1.98. The molecule has 0 fully saturated rings. The van der Waals surface area contributed by atoms with E-state index < -0.39 is 32.4 Å². The maximum absolute atomic E-state index is 10.3. The molecule has 0 aliphatic heterocycles. The van der Waals surface area contributed by atoms with Crippen LogP contribution in [-0.4, -0.2) is 11.7 Å². The van der Waals surface area contributed by atoms with E-state index in [0.717, 1.165) is 18.4 Å². The van der Waals surface area contributed by atoms with Gasteiger partial charge in [0, 0.05) is 18.4 Å². The Balaban J connectivity index is 3.08. The van der Waals surface area contributed by atoms with Gasteiger partial charge in [-0.2, -0.15) is 0 Å². The van der Waals surface area contributed by atoms with Crippen molar-refractivity contribution in [3.8, 4) is 11.5 Å². The fourth-order valence-electron chi connectivity index (χ4n) is 2.15. The molecular weight excluding hydrogens is 296 g/mol. The molecule has 0 radical (unpaired) electrons. The first-order valence-corrected chi connectivity index (χ1v) is 8.08. The number of ether oxygens (including phenoxy) is 1. The van der Waals surface area contributed by atoms with Gasteiger partial charge in [0.05, 0.1) is 0 Å². The Hall–Kier alpha value is -1.70. The molecule has 24 heavy (non-hydrogen) atoms. The lowest BCUT2D eigenvalue weighted by atomic mass is 10.0. The van der Waals surface area contributed by atoms with Crippen LogP contribution in [0.15, 0.2) is 35.4 Å². The third-order valence-corrected chi connectivity index (χ3v) is 3.66. The lowest BCUT2D eigenvalue weighted by Gasteiger charge is -2.12. The lowest BCUT2D eigenvalue weighted by molar-refractivity contribution is 0.357. The van der Waals surface area contributed by atoms with Gasteiger partial charge in [0.15, 0.2) is 0 Å². The Kier molecular flexibility index (Phi) is 4.72. The van der Waals surface area contributed by atoms with Gasteiger partial charge in [-0.25, -0.2) is 0 Å². The van der Waals surface area contributed by atoms with E-state index in [2.05, 4.69) is 6.08 Å². The van der Waals surface area contributed by atoms with Gasteiger partial charge in [-0.15, -0.1) is 0 Å². The molecule has 0 aliphatic carbocycles. The highest BCUT2D eigenvalue weighted by Crippen LogP contribution is 2.28. The summed E-state index contributed by atoms with van der Waals surface area (Å²) in [5.41, 5.74) is 2.85. The zero-order chi connectivity index (χ0) is 25.8. The van der Waals surface area contributed by atoms with Crippen molar-refractivity contribution in [2.45, 2.75) is 72.9 Å². The number of allylic oxidation sites excluding steroid dienone is 3. The zero-order valence-corrected chi connectivity index (χ0v) is 15.0. The first kappa shape index (κ1) is 10.3. The second-order valence-corrected chi connectivity index (χ2v) is 6.01. The molecule has 0 aromatic heterocycles. The standard InChI is InChI=1S/C22H34O2/c1-6-7-8-12-20-15-21(16-22(23)19(20)5)24-14-13-18(4)11-9-10-17(2)3/h10,13,15-16,23H,6-9,11-12,14H2,1-5H3/b18-13+/i1D3,6D2,7D2,8D2. The minimum atomic E-state index is -3.43. The third-order valence-electron chi connectivity index (χ3n) is 3.66. The van der Waals surface area contributed by atoms with Crippen molar-refractivity contribution in [2.24, 2.45) is 0 Å². The van der Waals surface area contributed by atoms with Gasteiger partial charge in [-0.05, 0) is 76.6 Å². The number of aryl methyl sites for hydroxylation is 1. The summed E-state index contributed by atoms with van der Waals surface area (Å²) in [4.78, 5) is 0. The van der Waals surface area contributed by atoms with Crippen LogP contribution in [0.25, 0.3) is 0 Å². The molecular formula is C22H34O2. The van der Waals surface area contributed by atoms with Crippen LogP contribution >= 0.6 is 0 Å². The van der Waals surface area contributed by atoms with Crippen molar-refractivity contribution in [1.82, 2.24) is 0 Å². The van der Waals surface area contributed by atoms with E-state index in [1.807, 2.05) is 26.8 Å². The van der Waals surface area contributed by atoms with Crippen molar-refractivity contribution in [3.63, 3.8) is 0 Å². The summed E-state index contributed by atoms with van der Waals surface area (Å²) in [6.07, 6.45) is -4.47. The second kappa shape index (κ2) is 11.0. The first-order chi connectivity index (χ1) is 14.8. The van der Waals surface area contributed by atoms with Crippen molar-refractivity contribution in [3.05, 3.63) is 46.6 Å². The van der Waals surface area contributed by atoms with Gasteiger partial charge < -0.3 is 9.84 Å². The van der Waals surface area contributed by atoms with E-state index in [1.165, 1.54) is 24.6 Å². The fourth-order valence-corrected chi connectivity index (χ4v) is 2.15. The number of phenols is 1. The Morgan fingerprint density at radius 1 is 1.25 bits per heavy atom. The maximum atomic E-state index is 10.3. The fraction of sp³-hybridized carbons (Fsp3) is 0.545. The van der Waals surface area contributed by atoms with Gasteiger partial charge in [0.25, 0.3) is 0 Å². The minimum absolute atomic E-state index is 0.179. The maximum Gasteiger partial charge on any atom is 0.123 e. The van der Waals surface area contributed by atoms with Gasteiger partial charge in [0.2, 0.25) is 0 Å². The third kappa shape index (κ3) is 7.72. The minimum Gasteiger partial charge on any atom is -0.508 e. The molecule has 0 aliphatic rings. The SMILES string of the molecule is [2H]C([2H])([2H])C([2H])([2H])C([2H])([2H])C([2H])([2H])Cc1cc(OC/C=C(\C)CCC=C(C)C)cc(O)c1C. The molecule has 1 N–H and O–H groups in total. The molecule has 2 heteroatoms. The Morgan fingerprint density at radius 2 is 2.04 bits per heavy atom. The van der Waals surface area contributed by atoms with Gasteiger partial charge in [-0.3, -0.25) is 0 Å². The second-order valence-electron chi connectivity index (χ2n) is 6.01. The highest BCUT2D eigenvalue weighted by molar-refractivity contribution is 5.45. The number of hydrogen-bond acceptors (Lipinski definition) is 2. The smallest absolute Gasteiger partial charge is 0.123 e. The van der Waals surface area contributed by atoms with Crippen molar-refractivity contribution < 1.29 is 22.2 Å². The molecule has 1 rings (SSSR count). The Labute approximate surface area is 160 Å². The molecule has 0 amide bonds. The topological polar surface area (TPSA) is 29.5 Å². The highest BCUT2D eigenvalue weighted by Gasteiger charge is 2.07. The predicted octanol–water partition coefficient (Wildman–Crippen LogP) is 6.50. The summed E-state index contributed by atoms with van der Waals surface area (Å²) in [5, 5.41) is 10.3. The summed E-state index contributed by atoms with van der Waals surface area (Å²) < 4.78 is 75.5. The average molecular weight is 340 g/mol. The molecule has 2 nitrogen and oxygen atoms in total. The van der Waals surface area contributed by atoms with E-state index in [1.54, 1.807) is 0 Å². The summed E-state index contributed by atoms with van der Waals surface area (Å²) >= 11 is 0. The molecule has 1 aromatic rings. The summed E-state index contributed by atoms with van der Waals surface area (Å²) in [7, 11) is 0. The van der Waals surface area contributed by atoms with Crippen LogP contribution in [0.1, 0.15) is 83.0 Å². The van der Waals surface area contributed by atoms with E-state index in [4.69, 9.17) is 17.1 Å². The Bertz CT molecular complexity index is 881. The molecule has 0 spiro atoms. The zero-order valence-electron chi connectivity index (χ0n) is 24.0. The quantitative estimate of drug-likeness (QED) is 0.493. The monoisotopic (exact) mass is 339 g/mol. The van der Waals surface area contributed by atoms with Crippen molar-refractivity contribution in [1.29, 1.82) is 0 Å². The average Bonchev–Trinajstić information content (AvgIpc) is 2.64. The van der Waals surface area contributed by atoms with E-state index in [-0.39, 0.29) is 29.2 Å². The van der Waals surface area contributed by atoms with Crippen molar-refractivity contribution in [2.75, 3.05) is 6.61 Å². The number of hydrogen-bond donors (Lipinski definition) is 1. The number of aromatic hydroxyl groups is 1. The summed E-state index contributed by atoms with van der Waals surface area (Å²) in [5.74, 6) is 0.0681. The molecule has 0 saturated carbocycles. The summed E-state index contributed by atoms with van der Waals surface area (Å²) in [6.45, 7) is 4.44. The molecule has 0 unspecified atom stereocenters. The van der Waals surface area contributed by atoms with Crippen LogP contribution in [0.5, 0.6) is 11.5 Å². The number of benzene rings is 1. The molecule has 0 saturated heterocycles. The van der Waals surface area contributed by atoms with Crippen LogP contribution in [-0.2, 0) is 6.42 Å². The molecule has 134 valence electrons. The predicted molar refractivity (Wildman–Crippen MR) is 104 cm³/mol. The molecule has 0 heterocycles.